The molecule has 1 aromatic heterocycles. The minimum absolute atomic E-state index is 0.00876. The first kappa shape index (κ1) is 15.2. The molecule has 6 heteroatoms. The van der Waals surface area contributed by atoms with Crippen LogP contribution in [0.1, 0.15) is 25.5 Å². The van der Waals surface area contributed by atoms with E-state index in [-0.39, 0.29) is 18.3 Å². The van der Waals surface area contributed by atoms with Gasteiger partial charge in [-0.3, -0.25) is 10.1 Å². The van der Waals surface area contributed by atoms with Gasteiger partial charge in [0.05, 0.1) is 4.92 Å². The van der Waals surface area contributed by atoms with Gasteiger partial charge in [0.25, 0.3) is 5.69 Å². The van der Waals surface area contributed by atoms with Crippen molar-refractivity contribution >= 4 is 22.3 Å². The van der Waals surface area contributed by atoms with Crippen molar-refractivity contribution in [1.82, 2.24) is 4.98 Å². The molecule has 0 aliphatic carbocycles. The molecule has 0 radical (unpaired) electrons. The molecule has 1 aromatic carbocycles. The van der Waals surface area contributed by atoms with Gasteiger partial charge in [-0.25, -0.2) is 4.98 Å². The Balaban J connectivity index is 2.53. The van der Waals surface area contributed by atoms with Gasteiger partial charge in [0, 0.05) is 35.5 Å². The van der Waals surface area contributed by atoms with Crippen LogP contribution in [0, 0.1) is 17.0 Å². The van der Waals surface area contributed by atoms with Crippen LogP contribution in [0.5, 0.6) is 0 Å². The van der Waals surface area contributed by atoms with Crippen LogP contribution in [-0.2, 0) is 0 Å². The number of aliphatic hydroxyl groups excluding tert-OH is 1. The number of anilines is 1. The van der Waals surface area contributed by atoms with E-state index in [0.29, 0.717) is 11.9 Å². The fraction of sp³-hybridized carbons (Fsp3) is 0.400. The minimum Gasteiger partial charge on any atom is -0.396 e. The summed E-state index contributed by atoms with van der Waals surface area (Å²) in [6.45, 7) is 3.95. The molecule has 1 atom stereocenters. The summed E-state index contributed by atoms with van der Waals surface area (Å²) >= 11 is 0. The predicted molar refractivity (Wildman–Crippen MR) is 82.5 cm³/mol. The summed E-state index contributed by atoms with van der Waals surface area (Å²) in [5.74, 6) is 0. The quantitative estimate of drug-likeness (QED) is 0.630. The second kappa shape index (κ2) is 6.49. The van der Waals surface area contributed by atoms with Gasteiger partial charge in [-0.15, -0.1) is 0 Å². The molecule has 0 saturated heterocycles. The molecule has 2 rings (SSSR count). The van der Waals surface area contributed by atoms with Crippen LogP contribution in [0.15, 0.2) is 24.3 Å². The minimum atomic E-state index is -0.413. The van der Waals surface area contributed by atoms with Crippen molar-refractivity contribution in [3.63, 3.8) is 0 Å². The highest BCUT2D eigenvalue weighted by Crippen LogP contribution is 2.30. The number of aromatic nitrogens is 1. The summed E-state index contributed by atoms with van der Waals surface area (Å²) in [6.07, 6.45) is 1.49. The number of hydrogen-bond donors (Lipinski definition) is 2. The van der Waals surface area contributed by atoms with E-state index in [1.54, 1.807) is 6.07 Å². The molecule has 0 saturated carbocycles. The summed E-state index contributed by atoms with van der Waals surface area (Å²) in [6, 6.07) is 6.95. The van der Waals surface area contributed by atoms with E-state index >= 15 is 0 Å². The Kier molecular flexibility index (Phi) is 4.70. The molecule has 0 aliphatic rings. The van der Waals surface area contributed by atoms with Gasteiger partial charge in [-0.2, -0.15) is 0 Å². The summed E-state index contributed by atoms with van der Waals surface area (Å²) in [5.41, 5.74) is 1.94. The molecule has 0 bridgehead atoms. The number of pyridine rings is 1. The number of nitro benzene ring substituents is 1. The standard InChI is InChI=1S/C15H19N3O3/c1-3-11(7-8-19)17-13-9-10(2)16-15-12(13)5-4-6-14(15)18(20)21/h4-6,9,11,19H,3,7-8H2,1-2H3,(H,16,17). The van der Waals surface area contributed by atoms with Gasteiger partial charge >= 0.3 is 0 Å². The number of fused-ring (bicyclic) bond motifs is 1. The fourth-order valence-corrected chi connectivity index (χ4v) is 2.38. The van der Waals surface area contributed by atoms with Crippen LogP contribution < -0.4 is 5.32 Å². The highest BCUT2D eigenvalue weighted by Gasteiger charge is 2.16. The molecule has 6 nitrogen and oxygen atoms in total. The molecular formula is C15H19N3O3. The average Bonchev–Trinajstić information content (AvgIpc) is 2.45. The van der Waals surface area contributed by atoms with Crippen LogP contribution in [0.4, 0.5) is 11.4 Å². The Morgan fingerprint density at radius 1 is 1.48 bits per heavy atom. The third-order valence-electron chi connectivity index (χ3n) is 3.47. The molecule has 0 spiro atoms. The SMILES string of the molecule is CCC(CCO)Nc1cc(C)nc2c([N+](=O)[O-])cccc12. The molecule has 1 unspecified atom stereocenters. The van der Waals surface area contributed by atoms with E-state index in [2.05, 4.69) is 10.3 Å². The zero-order valence-corrected chi connectivity index (χ0v) is 12.2. The Morgan fingerprint density at radius 3 is 2.86 bits per heavy atom. The van der Waals surface area contributed by atoms with E-state index in [0.717, 1.165) is 23.2 Å². The largest absolute Gasteiger partial charge is 0.396 e. The van der Waals surface area contributed by atoms with E-state index in [4.69, 9.17) is 5.11 Å². The van der Waals surface area contributed by atoms with Gasteiger partial charge in [0.1, 0.15) is 0 Å². The highest BCUT2D eigenvalue weighted by molar-refractivity contribution is 5.96. The lowest BCUT2D eigenvalue weighted by atomic mass is 10.1. The van der Waals surface area contributed by atoms with Crippen molar-refractivity contribution in [3.05, 3.63) is 40.1 Å². The normalized spacial score (nSPS) is 12.3. The first-order valence-corrected chi connectivity index (χ1v) is 6.99. The number of hydrogen-bond acceptors (Lipinski definition) is 5. The average molecular weight is 289 g/mol. The molecule has 2 aromatic rings. The predicted octanol–water partition coefficient (Wildman–Crippen LogP) is 3.02. The molecule has 0 fully saturated rings. The van der Waals surface area contributed by atoms with E-state index in [1.165, 1.54) is 6.07 Å². The Hall–Kier alpha value is -2.21. The number of non-ortho nitro benzene ring substituents is 1. The van der Waals surface area contributed by atoms with Crippen molar-refractivity contribution in [2.24, 2.45) is 0 Å². The van der Waals surface area contributed by atoms with Gasteiger partial charge < -0.3 is 10.4 Å². The van der Waals surface area contributed by atoms with Crippen LogP contribution in [0.3, 0.4) is 0 Å². The highest BCUT2D eigenvalue weighted by atomic mass is 16.6. The molecular weight excluding hydrogens is 270 g/mol. The summed E-state index contributed by atoms with van der Waals surface area (Å²) in [4.78, 5) is 15.0. The number of nitrogens with one attached hydrogen (secondary N) is 1. The van der Waals surface area contributed by atoms with Crippen molar-refractivity contribution in [3.8, 4) is 0 Å². The Bertz CT molecular complexity index is 658. The third kappa shape index (κ3) is 3.28. The van der Waals surface area contributed by atoms with Crippen molar-refractivity contribution in [1.29, 1.82) is 0 Å². The molecule has 21 heavy (non-hydrogen) atoms. The maximum atomic E-state index is 11.1. The number of rotatable bonds is 6. The summed E-state index contributed by atoms with van der Waals surface area (Å²) < 4.78 is 0. The smallest absolute Gasteiger partial charge is 0.295 e. The summed E-state index contributed by atoms with van der Waals surface area (Å²) in [7, 11) is 0. The lowest BCUT2D eigenvalue weighted by Crippen LogP contribution is -2.20. The lowest BCUT2D eigenvalue weighted by Gasteiger charge is -2.19. The summed E-state index contributed by atoms with van der Waals surface area (Å²) in [5, 5.41) is 24.3. The Morgan fingerprint density at radius 2 is 2.24 bits per heavy atom. The maximum Gasteiger partial charge on any atom is 0.295 e. The monoisotopic (exact) mass is 289 g/mol. The molecule has 2 N–H and O–H groups in total. The lowest BCUT2D eigenvalue weighted by molar-refractivity contribution is -0.383. The van der Waals surface area contributed by atoms with Crippen LogP contribution >= 0.6 is 0 Å². The number of aliphatic hydroxyl groups is 1. The number of aryl methyl sites for hydroxylation is 1. The van der Waals surface area contributed by atoms with Gasteiger partial charge in [-0.1, -0.05) is 19.1 Å². The van der Waals surface area contributed by atoms with Gasteiger partial charge in [-0.05, 0) is 25.8 Å². The van der Waals surface area contributed by atoms with Crippen LogP contribution in [0.25, 0.3) is 10.9 Å². The van der Waals surface area contributed by atoms with E-state index < -0.39 is 4.92 Å². The number of benzene rings is 1. The molecule has 0 aliphatic heterocycles. The van der Waals surface area contributed by atoms with E-state index in [9.17, 15) is 10.1 Å². The first-order chi connectivity index (χ1) is 10.1. The van der Waals surface area contributed by atoms with E-state index in [1.807, 2.05) is 26.0 Å². The number of nitro groups is 1. The zero-order valence-electron chi connectivity index (χ0n) is 12.2. The molecule has 1 heterocycles. The van der Waals surface area contributed by atoms with Crippen molar-refractivity contribution < 1.29 is 10.0 Å². The zero-order chi connectivity index (χ0) is 15.4. The first-order valence-electron chi connectivity index (χ1n) is 6.99. The van der Waals surface area contributed by atoms with Crippen LogP contribution in [-0.4, -0.2) is 27.7 Å². The molecule has 0 amide bonds. The van der Waals surface area contributed by atoms with Gasteiger partial charge in [0.2, 0.25) is 0 Å². The second-order valence-electron chi connectivity index (χ2n) is 5.00. The maximum absolute atomic E-state index is 11.1. The fourth-order valence-electron chi connectivity index (χ4n) is 2.38. The molecule has 112 valence electrons. The topological polar surface area (TPSA) is 88.3 Å². The van der Waals surface area contributed by atoms with Gasteiger partial charge in [0.15, 0.2) is 5.52 Å². The number of nitrogens with zero attached hydrogens (tertiary/aromatic N) is 2. The third-order valence-corrected chi connectivity index (χ3v) is 3.47. The Labute approximate surface area is 123 Å². The second-order valence-corrected chi connectivity index (χ2v) is 5.00. The van der Waals surface area contributed by atoms with Crippen LogP contribution in [0.2, 0.25) is 0 Å². The van der Waals surface area contributed by atoms with Crippen molar-refractivity contribution in [2.45, 2.75) is 32.7 Å². The van der Waals surface area contributed by atoms with Crippen molar-refractivity contribution in [2.75, 3.05) is 11.9 Å². The number of para-hydroxylation sites is 1.